The molecule has 0 saturated carbocycles. The van der Waals surface area contributed by atoms with E-state index in [9.17, 15) is 4.79 Å². The van der Waals surface area contributed by atoms with Gasteiger partial charge in [0.05, 0.1) is 35.7 Å². The first-order valence-electron chi connectivity index (χ1n) is 15.1. The van der Waals surface area contributed by atoms with E-state index < -0.39 is 0 Å². The van der Waals surface area contributed by atoms with Crippen LogP contribution in [0.25, 0.3) is 12.2 Å². The van der Waals surface area contributed by atoms with Crippen molar-refractivity contribution in [3.8, 4) is 5.75 Å². The molecule has 2 fully saturated rings. The minimum atomic E-state index is -0.240. The Kier molecular flexibility index (Phi) is 8.32. The fourth-order valence-corrected chi connectivity index (χ4v) is 6.60. The zero-order chi connectivity index (χ0) is 29.1. The number of amidine groups is 1. The number of hydrogen-bond acceptors (Lipinski definition) is 8. The highest BCUT2D eigenvalue weighted by Crippen LogP contribution is 2.39. The lowest BCUT2D eigenvalue weighted by molar-refractivity contribution is -0.111. The van der Waals surface area contributed by atoms with E-state index in [-0.39, 0.29) is 11.8 Å². The number of allylic oxidation sites excluding steroid dienone is 1. The lowest BCUT2D eigenvalue weighted by Crippen LogP contribution is -2.46. The summed E-state index contributed by atoms with van der Waals surface area (Å²) in [5, 5.41) is 16.7. The summed E-state index contributed by atoms with van der Waals surface area (Å²) in [5.41, 5.74) is 3.54. The third kappa shape index (κ3) is 5.94. The number of carbonyl (C=O) groups is 1. The first-order valence-corrected chi connectivity index (χ1v) is 15.1. The van der Waals surface area contributed by atoms with Gasteiger partial charge in [-0.25, -0.2) is 4.99 Å². The number of anilines is 3. The number of carbonyl (C=O) groups excluding carboxylic acids is 1. The fourth-order valence-electron chi connectivity index (χ4n) is 6.60. The van der Waals surface area contributed by atoms with Gasteiger partial charge in [-0.2, -0.15) is 5.10 Å². The number of aliphatic imine (C=N–C) groups is 1. The van der Waals surface area contributed by atoms with E-state index in [1.807, 2.05) is 30.1 Å². The van der Waals surface area contributed by atoms with Gasteiger partial charge in [0.25, 0.3) is 0 Å². The molecule has 3 N–H and O–H groups in total. The topological polar surface area (TPSA) is 99.0 Å². The molecule has 4 aliphatic rings. The minimum Gasteiger partial charge on any atom is -0.494 e. The smallest absolute Gasteiger partial charge is 0.247 e. The molecule has 222 valence electrons. The lowest BCUT2D eigenvalue weighted by Gasteiger charge is -2.41. The van der Waals surface area contributed by atoms with Crippen LogP contribution in [0.5, 0.6) is 5.75 Å². The van der Waals surface area contributed by atoms with Crippen molar-refractivity contribution in [1.82, 2.24) is 20.0 Å². The second-order valence-electron chi connectivity index (χ2n) is 11.5. The van der Waals surface area contributed by atoms with Crippen molar-refractivity contribution in [2.75, 3.05) is 55.5 Å². The SMILES string of the molecule is C=CC(=O)Nc1cc(NC2=NCNC(C3C=c4c(cnn4C)=CC3)=C2)c(OC)cc1N1CCC(N2CCCCC2)CC1. The fraction of sp³-hybridized carbons (Fsp3) is 0.469. The van der Waals surface area contributed by atoms with E-state index in [1.165, 1.54) is 43.6 Å². The van der Waals surface area contributed by atoms with Crippen LogP contribution in [0.4, 0.5) is 17.1 Å². The zero-order valence-electron chi connectivity index (χ0n) is 24.7. The second kappa shape index (κ2) is 12.4. The molecule has 4 heterocycles. The summed E-state index contributed by atoms with van der Waals surface area (Å²) in [6, 6.07) is 4.62. The average Bonchev–Trinajstić information content (AvgIpc) is 3.41. The Morgan fingerprint density at radius 3 is 2.71 bits per heavy atom. The van der Waals surface area contributed by atoms with Crippen molar-refractivity contribution in [3.05, 3.63) is 53.3 Å². The summed E-state index contributed by atoms with van der Waals surface area (Å²) < 4.78 is 7.78. The number of nitrogens with zero attached hydrogens (tertiary/aromatic N) is 5. The van der Waals surface area contributed by atoms with Gasteiger partial charge in [0, 0.05) is 55.2 Å². The molecule has 0 radical (unpaired) electrons. The van der Waals surface area contributed by atoms with Crippen molar-refractivity contribution >= 4 is 41.0 Å². The standard InChI is InChI=1S/C32H42N8O2/c1-4-32(41)37-26-17-27(30(42-3)19-29(26)40-14-10-24(11-15-40)39-12-6-5-7-13-39)36-31-18-25(33-21-34-31)22-8-9-23-20-35-38(2)28(23)16-22/h4,9,16-20,22,24,33H,1,5-8,10-15,21H2,2-3H3,(H,34,36)(H,37,41). The van der Waals surface area contributed by atoms with Gasteiger partial charge in [0.1, 0.15) is 18.3 Å². The van der Waals surface area contributed by atoms with E-state index in [1.54, 1.807) is 7.11 Å². The van der Waals surface area contributed by atoms with Crippen molar-refractivity contribution in [2.24, 2.45) is 18.0 Å². The number of methoxy groups -OCH3 is 1. The maximum Gasteiger partial charge on any atom is 0.247 e. The van der Waals surface area contributed by atoms with Gasteiger partial charge < -0.3 is 30.5 Å². The highest BCUT2D eigenvalue weighted by atomic mass is 16.5. The third-order valence-electron chi connectivity index (χ3n) is 8.93. The maximum absolute atomic E-state index is 12.5. The van der Waals surface area contributed by atoms with Crippen LogP contribution in [0.15, 0.2) is 47.7 Å². The van der Waals surface area contributed by atoms with E-state index in [0.29, 0.717) is 18.5 Å². The van der Waals surface area contributed by atoms with Crippen LogP contribution < -0.4 is 36.2 Å². The zero-order valence-corrected chi connectivity index (χ0v) is 24.7. The average molecular weight is 571 g/mol. The summed E-state index contributed by atoms with van der Waals surface area (Å²) in [7, 11) is 3.65. The molecule has 42 heavy (non-hydrogen) atoms. The van der Waals surface area contributed by atoms with Gasteiger partial charge >= 0.3 is 0 Å². The molecule has 10 heteroatoms. The summed E-state index contributed by atoms with van der Waals surface area (Å²) in [4.78, 5) is 22.2. The Bertz CT molecular complexity index is 1510. The van der Waals surface area contributed by atoms with Crippen LogP contribution in [0.1, 0.15) is 38.5 Å². The molecule has 1 aliphatic carbocycles. The van der Waals surface area contributed by atoms with Gasteiger partial charge in [0.15, 0.2) is 0 Å². The summed E-state index contributed by atoms with van der Waals surface area (Å²) in [6.45, 7) is 8.45. The number of aryl methyl sites for hydroxylation is 1. The molecule has 0 spiro atoms. The highest BCUT2D eigenvalue weighted by molar-refractivity contribution is 6.07. The van der Waals surface area contributed by atoms with Crippen molar-refractivity contribution in [3.63, 3.8) is 0 Å². The largest absolute Gasteiger partial charge is 0.494 e. The van der Waals surface area contributed by atoms with Crippen LogP contribution in [-0.2, 0) is 11.8 Å². The van der Waals surface area contributed by atoms with E-state index in [4.69, 9.17) is 4.74 Å². The number of piperidine rings is 2. The van der Waals surface area contributed by atoms with Gasteiger partial charge in [-0.1, -0.05) is 19.1 Å². The molecule has 1 aromatic carbocycles. The third-order valence-corrected chi connectivity index (χ3v) is 8.93. The number of aromatic nitrogens is 2. The highest BCUT2D eigenvalue weighted by Gasteiger charge is 2.28. The van der Waals surface area contributed by atoms with Crippen LogP contribution in [0.2, 0.25) is 0 Å². The number of likely N-dealkylation sites (tertiary alicyclic amines) is 1. The van der Waals surface area contributed by atoms with Crippen molar-refractivity contribution in [2.45, 2.75) is 44.6 Å². The van der Waals surface area contributed by atoms with E-state index >= 15 is 0 Å². The molecule has 1 unspecified atom stereocenters. The first-order chi connectivity index (χ1) is 20.5. The molecular formula is C32H42N8O2. The number of benzene rings is 1. The van der Waals surface area contributed by atoms with Gasteiger partial charge in [0.2, 0.25) is 5.91 Å². The Morgan fingerprint density at radius 2 is 1.95 bits per heavy atom. The van der Waals surface area contributed by atoms with Gasteiger partial charge in [-0.15, -0.1) is 0 Å². The maximum atomic E-state index is 12.5. The summed E-state index contributed by atoms with van der Waals surface area (Å²) >= 11 is 0. The molecular weight excluding hydrogens is 528 g/mol. The Labute approximate surface area is 247 Å². The van der Waals surface area contributed by atoms with E-state index in [2.05, 4.69) is 60.6 Å². The number of ether oxygens (including phenoxy) is 1. The molecule has 6 rings (SSSR count). The number of rotatable bonds is 7. The predicted molar refractivity (Wildman–Crippen MR) is 169 cm³/mol. The summed E-state index contributed by atoms with van der Waals surface area (Å²) in [6.07, 6.45) is 16.9. The number of hydrogen-bond donors (Lipinski definition) is 3. The first kappa shape index (κ1) is 28.1. The molecule has 2 saturated heterocycles. The van der Waals surface area contributed by atoms with Crippen molar-refractivity contribution in [1.29, 1.82) is 0 Å². The van der Waals surface area contributed by atoms with Gasteiger partial charge in [-0.3, -0.25) is 9.48 Å². The Morgan fingerprint density at radius 1 is 1.14 bits per heavy atom. The van der Waals surface area contributed by atoms with Crippen molar-refractivity contribution < 1.29 is 9.53 Å². The molecule has 1 atom stereocenters. The molecule has 2 aromatic rings. The second-order valence-corrected chi connectivity index (χ2v) is 11.5. The van der Waals surface area contributed by atoms with Crippen LogP contribution >= 0.6 is 0 Å². The van der Waals surface area contributed by atoms with Gasteiger partial charge in [-0.05, 0) is 63.4 Å². The molecule has 1 amide bonds. The van der Waals surface area contributed by atoms with Crippen LogP contribution in [0, 0.1) is 5.92 Å². The van der Waals surface area contributed by atoms with E-state index in [0.717, 1.165) is 66.3 Å². The summed E-state index contributed by atoms with van der Waals surface area (Å²) in [5.74, 6) is 1.41. The normalized spacial score (nSPS) is 21.1. The number of amides is 1. The lowest BCUT2D eigenvalue weighted by atomic mass is 9.95. The molecule has 10 nitrogen and oxygen atoms in total. The molecule has 1 aromatic heterocycles. The Hall–Kier alpha value is -4.05. The number of fused-ring (bicyclic) bond motifs is 1. The Balaban J connectivity index is 1.23. The quantitative estimate of drug-likeness (QED) is 0.440. The monoisotopic (exact) mass is 570 g/mol. The number of nitrogens with one attached hydrogen (secondary N) is 3. The molecule has 0 bridgehead atoms. The minimum absolute atomic E-state index is 0.208. The predicted octanol–water partition coefficient (Wildman–Crippen LogP) is 2.54. The van der Waals surface area contributed by atoms with Crippen LogP contribution in [0.3, 0.4) is 0 Å². The molecule has 3 aliphatic heterocycles. The van der Waals surface area contributed by atoms with Crippen LogP contribution in [-0.4, -0.2) is 72.4 Å².